The van der Waals surface area contributed by atoms with Crippen LogP contribution in [-0.4, -0.2) is 12.1 Å². The van der Waals surface area contributed by atoms with E-state index in [9.17, 15) is 9.59 Å². The second-order valence-electron chi connectivity index (χ2n) is 3.26. The van der Waals surface area contributed by atoms with Crippen molar-refractivity contribution in [1.29, 1.82) is 0 Å². The van der Waals surface area contributed by atoms with Crippen LogP contribution in [0.25, 0.3) is 0 Å². The summed E-state index contributed by atoms with van der Waals surface area (Å²) in [5, 5.41) is 0. The number of carbonyl (C=O) groups excluding carboxylic acids is 2. The van der Waals surface area contributed by atoms with E-state index in [0.717, 1.165) is 19.1 Å². The second-order valence-corrected chi connectivity index (χ2v) is 3.26. The van der Waals surface area contributed by atoms with Gasteiger partial charge in [-0.15, -0.1) is 0 Å². The quantitative estimate of drug-likeness (QED) is 0.611. The molecule has 0 atom stereocenters. The fraction of sp³-hybridized carbons (Fsp3) is 0.800. The van der Waals surface area contributed by atoms with Gasteiger partial charge >= 0.3 is 0 Å². The Morgan fingerprint density at radius 1 is 1.42 bits per heavy atom. The fourth-order valence-corrected chi connectivity index (χ4v) is 0.693. The smallest absolute Gasteiger partial charge is 0.130 e. The van der Waals surface area contributed by atoms with Crippen LogP contribution in [0.4, 0.5) is 0 Å². The van der Waals surface area contributed by atoms with Crippen LogP contribution in [0.15, 0.2) is 0 Å². The first-order valence-corrected chi connectivity index (χ1v) is 4.47. The lowest BCUT2D eigenvalue weighted by Gasteiger charge is -1.95. The summed E-state index contributed by atoms with van der Waals surface area (Å²) in [5.41, 5.74) is 0. The molecular formula is C10H20O2. The van der Waals surface area contributed by atoms with Crippen LogP contribution in [0.3, 0.4) is 0 Å². The highest BCUT2D eigenvalue weighted by atomic mass is 16.1. The van der Waals surface area contributed by atoms with E-state index in [-0.39, 0.29) is 5.78 Å². The van der Waals surface area contributed by atoms with Gasteiger partial charge in [-0.05, 0) is 19.3 Å². The third kappa shape index (κ3) is 22.8. The van der Waals surface area contributed by atoms with Gasteiger partial charge in [-0.2, -0.15) is 0 Å². The zero-order valence-electron chi connectivity index (χ0n) is 8.59. The fourth-order valence-electron chi connectivity index (χ4n) is 0.693. The summed E-state index contributed by atoms with van der Waals surface area (Å²) in [5.74, 6) is 0.813. The van der Waals surface area contributed by atoms with Gasteiger partial charge in [-0.3, -0.25) is 0 Å². The Kier molecular flexibility index (Phi) is 12.0. The summed E-state index contributed by atoms with van der Waals surface area (Å²) < 4.78 is 0. The van der Waals surface area contributed by atoms with Crippen molar-refractivity contribution in [3.8, 4) is 0 Å². The Morgan fingerprint density at radius 2 is 1.92 bits per heavy atom. The molecule has 12 heavy (non-hydrogen) atoms. The summed E-state index contributed by atoms with van der Waals surface area (Å²) in [6.07, 6.45) is 3.34. The summed E-state index contributed by atoms with van der Waals surface area (Å²) in [6, 6.07) is 0. The Morgan fingerprint density at radius 3 is 1.92 bits per heavy atom. The van der Waals surface area contributed by atoms with E-state index in [2.05, 4.69) is 0 Å². The number of ketones is 1. The molecule has 0 aliphatic heterocycles. The summed E-state index contributed by atoms with van der Waals surface area (Å²) in [6.45, 7) is 7.69. The lowest BCUT2D eigenvalue weighted by Crippen LogP contribution is -1.95. The average Bonchev–Trinajstić information content (AvgIpc) is 1.87. The van der Waals surface area contributed by atoms with Crippen molar-refractivity contribution in [3.05, 3.63) is 0 Å². The number of carbonyl (C=O) groups is 2. The molecule has 0 heterocycles. The standard InChI is InChI=1S/C6H12O.C4H8O/c1-5(2)4-6(3)7;1-2-3-4-5/h5H,4H2,1-3H3;4H,2-3H2,1H3. The predicted molar refractivity (Wildman–Crippen MR) is 51.1 cm³/mol. The molecule has 0 aliphatic carbocycles. The summed E-state index contributed by atoms with van der Waals surface area (Å²) in [4.78, 5) is 19.7. The normalized spacial score (nSPS) is 8.75. The molecule has 2 nitrogen and oxygen atoms in total. The van der Waals surface area contributed by atoms with Gasteiger partial charge in [0, 0.05) is 12.8 Å². The SMILES string of the molecule is CC(=O)CC(C)C.CCCC=O. The minimum absolute atomic E-state index is 0.287. The molecular weight excluding hydrogens is 152 g/mol. The van der Waals surface area contributed by atoms with Crippen molar-refractivity contribution in [2.24, 2.45) is 5.92 Å². The molecule has 0 aromatic heterocycles. The highest BCUT2D eigenvalue weighted by Gasteiger charge is 1.95. The number of hydrogen-bond donors (Lipinski definition) is 0. The largest absolute Gasteiger partial charge is 0.303 e. The maximum absolute atomic E-state index is 10.3. The minimum Gasteiger partial charge on any atom is -0.303 e. The molecule has 0 rings (SSSR count). The molecule has 2 heteroatoms. The van der Waals surface area contributed by atoms with E-state index < -0.39 is 0 Å². The molecule has 0 saturated heterocycles. The number of rotatable bonds is 4. The second kappa shape index (κ2) is 10.3. The van der Waals surface area contributed by atoms with Gasteiger partial charge in [0.05, 0.1) is 0 Å². The van der Waals surface area contributed by atoms with Crippen LogP contribution in [0.2, 0.25) is 0 Å². The van der Waals surface area contributed by atoms with Crippen molar-refractivity contribution >= 4 is 12.1 Å². The van der Waals surface area contributed by atoms with E-state index in [1.54, 1.807) is 6.92 Å². The Bertz CT molecular complexity index is 117. The zero-order chi connectivity index (χ0) is 9.98. The number of Topliss-reactive ketones (excluding diaryl/α,β-unsaturated/α-hetero) is 1. The maximum Gasteiger partial charge on any atom is 0.130 e. The lowest BCUT2D eigenvalue weighted by atomic mass is 10.1. The maximum atomic E-state index is 10.3. The Labute approximate surface area is 75.4 Å². The minimum atomic E-state index is 0.287. The van der Waals surface area contributed by atoms with Gasteiger partial charge in [0.15, 0.2) is 0 Å². The van der Waals surface area contributed by atoms with Gasteiger partial charge in [-0.1, -0.05) is 20.8 Å². The molecule has 0 saturated carbocycles. The van der Waals surface area contributed by atoms with Crippen LogP contribution in [0, 0.1) is 5.92 Å². The molecule has 72 valence electrons. The lowest BCUT2D eigenvalue weighted by molar-refractivity contribution is -0.117. The molecule has 0 N–H and O–H groups in total. The van der Waals surface area contributed by atoms with Gasteiger partial charge in [-0.25, -0.2) is 0 Å². The van der Waals surface area contributed by atoms with Gasteiger partial charge < -0.3 is 9.59 Å². The number of hydrogen-bond acceptors (Lipinski definition) is 2. The van der Waals surface area contributed by atoms with Crippen molar-refractivity contribution in [2.75, 3.05) is 0 Å². The Balaban J connectivity index is 0. The van der Waals surface area contributed by atoms with E-state index in [4.69, 9.17) is 0 Å². The third-order valence-corrected chi connectivity index (χ3v) is 1.10. The first kappa shape index (κ1) is 13.9. The van der Waals surface area contributed by atoms with E-state index in [1.165, 1.54) is 0 Å². The van der Waals surface area contributed by atoms with Gasteiger partial charge in [0.2, 0.25) is 0 Å². The van der Waals surface area contributed by atoms with Crippen LogP contribution in [0.5, 0.6) is 0 Å². The monoisotopic (exact) mass is 172 g/mol. The topological polar surface area (TPSA) is 34.1 Å². The van der Waals surface area contributed by atoms with E-state index in [0.29, 0.717) is 12.3 Å². The molecule has 0 fully saturated rings. The van der Waals surface area contributed by atoms with Gasteiger partial charge in [0.25, 0.3) is 0 Å². The Hall–Kier alpha value is -0.660. The molecule has 0 unspecified atom stereocenters. The van der Waals surface area contributed by atoms with Crippen LogP contribution in [0.1, 0.15) is 47.0 Å². The third-order valence-electron chi connectivity index (χ3n) is 1.10. The molecule has 0 radical (unpaired) electrons. The molecule has 0 bridgehead atoms. The van der Waals surface area contributed by atoms with Crippen molar-refractivity contribution in [2.45, 2.75) is 47.0 Å². The molecule has 0 aromatic carbocycles. The van der Waals surface area contributed by atoms with Crippen LogP contribution in [-0.2, 0) is 9.59 Å². The van der Waals surface area contributed by atoms with Crippen LogP contribution >= 0.6 is 0 Å². The van der Waals surface area contributed by atoms with E-state index in [1.807, 2.05) is 20.8 Å². The number of aldehydes is 1. The molecule has 0 amide bonds. The first-order chi connectivity index (χ1) is 5.54. The molecule has 0 spiro atoms. The van der Waals surface area contributed by atoms with Crippen molar-refractivity contribution in [1.82, 2.24) is 0 Å². The van der Waals surface area contributed by atoms with Crippen molar-refractivity contribution < 1.29 is 9.59 Å². The summed E-state index contributed by atoms with van der Waals surface area (Å²) >= 11 is 0. The van der Waals surface area contributed by atoms with Crippen molar-refractivity contribution in [3.63, 3.8) is 0 Å². The average molecular weight is 172 g/mol. The molecule has 0 aromatic rings. The highest BCUT2D eigenvalue weighted by Crippen LogP contribution is 1.97. The van der Waals surface area contributed by atoms with Gasteiger partial charge in [0.1, 0.15) is 12.1 Å². The molecule has 0 aliphatic rings. The zero-order valence-corrected chi connectivity index (χ0v) is 8.59. The number of unbranched alkanes of at least 4 members (excludes halogenated alkanes) is 1. The summed E-state index contributed by atoms with van der Waals surface area (Å²) in [7, 11) is 0. The highest BCUT2D eigenvalue weighted by molar-refractivity contribution is 5.75. The van der Waals surface area contributed by atoms with Crippen LogP contribution < -0.4 is 0 Å². The predicted octanol–water partition coefficient (Wildman–Crippen LogP) is 2.61. The first-order valence-electron chi connectivity index (χ1n) is 4.47. The van der Waals surface area contributed by atoms with E-state index >= 15 is 0 Å².